The van der Waals surface area contributed by atoms with E-state index in [2.05, 4.69) is 24.0 Å². The monoisotopic (exact) mass is 224 g/mol. The average Bonchev–Trinajstić information content (AvgIpc) is 2.31. The highest BCUT2D eigenvalue weighted by Crippen LogP contribution is 2.19. The molecule has 0 saturated carbocycles. The van der Waals surface area contributed by atoms with Gasteiger partial charge in [-0.15, -0.1) is 0 Å². The minimum Gasteiger partial charge on any atom is -0.371 e. The van der Waals surface area contributed by atoms with E-state index in [-0.39, 0.29) is 6.67 Å². The number of hydrogen-bond donors (Lipinski definition) is 1. The van der Waals surface area contributed by atoms with Gasteiger partial charge >= 0.3 is 0 Å². The van der Waals surface area contributed by atoms with E-state index in [0.29, 0.717) is 13.0 Å². The highest BCUT2D eigenvalue weighted by molar-refractivity contribution is 5.52. The maximum atomic E-state index is 12.2. The second-order valence-corrected chi connectivity index (χ2v) is 3.96. The summed E-state index contributed by atoms with van der Waals surface area (Å²) in [6, 6.07) is 8.21. The summed E-state index contributed by atoms with van der Waals surface area (Å²) in [5, 5.41) is 0. The molecule has 0 aliphatic rings. The molecule has 3 heteroatoms. The van der Waals surface area contributed by atoms with Crippen LogP contribution in [0.25, 0.3) is 0 Å². The van der Waals surface area contributed by atoms with E-state index in [1.807, 2.05) is 12.1 Å². The first-order valence-electron chi connectivity index (χ1n) is 5.86. The molecule has 1 rings (SSSR count). The topological polar surface area (TPSA) is 29.3 Å². The summed E-state index contributed by atoms with van der Waals surface area (Å²) in [7, 11) is 0. The summed E-state index contributed by atoms with van der Waals surface area (Å²) >= 11 is 0. The molecule has 16 heavy (non-hydrogen) atoms. The molecule has 1 aromatic rings. The lowest BCUT2D eigenvalue weighted by Gasteiger charge is -2.26. The Kier molecular flexibility index (Phi) is 5.86. The van der Waals surface area contributed by atoms with Crippen molar-refractivity contribution >= 4 is 5.69 Å². The number of alkyl halides is 1. The summed E-state index contributed by atoms with van der Waals surface area (Å²) in [4.78, 5) is 2.22. The van der Waals surface area contributed by atoms with Crippen molar-refractivity contribution in [1.82, 2.24) is 0 Å². The summed E-state index contributed by atoms with van der Waals surface area (Å²) in [5.74, 6) is 0. The number of nitrogens with zero attached hydrogens (tertiary/aromatic N) is 1. The van der Waals surface area contributed by atoms with E-state index in [9.17, 15) is 4.39 Å². The molecule has 0 fully saturated rings. The maximum absolute atomic E-state index is 12.2. The molecular formula is C13H21FN2. The van der Waals surface area contributed by atoms with Crippen molar-refractivity contribution < 1.29 is 4.39 Å². The van der Waals surface area contributed by atoms with Gasteiger partial charge in [-0.3, -0.25) is 4.39 Å². The van der Waals surface area contributed by atoms with E-state index in [1.54, 1.807) is 0 Å². The first kappa shape index (κ1) is 13.0. The van der Waals surface area contributed by atoms with Crippen molar-refractivity contribution in [3.63, 3.8) is 0 Å². The second kappa shape index (κ2) is 7.23. The van der Waals surface area contributed by atoms with Crippen molar-refractivity contribution in [3.8, 4) is 0 Å². The van der Waals surface area contributed by atoms with Crippen LogP contribution in [0.15, 0.2) is 24.3 Å². The first-order chi connectivity index (χ1) is 7.79. The fraction of sp³-hybridized carbons (Fsp3) is 0.538. The number of nitrogens with two attached hydrogens (primary N) is 1. The van der Waals surface area contributed by atoms with Crippen LogP contribution >= 0.6 is 0 Å². The Morgan fingerprint density at radius 1 is 1.19 bits per heavy atom. The predicted octanol–water partition coefficient (Wildman–Crippen LogP) is 2.51. The van der Waals surface area contributed by atoms with Gasteiger partial charge in [-0.05, 0) is 37.9 Å². The Balaban J connectivity index is 2.70. The zero-order valence-electron chi connectivity index (χ0n) is 9.95. The number of rotatable bonds is 7. The number of hydrogen-bond acceptors (Lipinski definition) is 2. The van der Waals surface area contributed by atoms with E-state index in [1.165, 1.54) is 11.3 Å². The van der Waals surface area contributed by atoms with Crippen molar-refractivity contribution in [1.29, 1.82) is 0 Å². The van der Waals surface area contributed by atoms with Gasteiger partial charge in [0.25, 0.3) is 0 Å². The Morgan fingerprint density at radius 2 is 1.88 bits per heavy atom. The van der Waals surface area contributed by atoms with Gasteiger partial charge < -0.3 is 10.6 Å². The van der Waals surface area contributed by atoms with E-state index < -0.39 is 0 Å². The summed E-state index contributed by atoms with van der Waals surface area (Å²) in [6.07, 6.45) is 1.53. The molecule has 0 unspecified atom stereocenters. The van der Waals surface area contributed by atoms with Crippen LogP contribution in [0.5, 0.6) is 0 Å². The summed E-state index contributed by atoms with van der Waals surface area (Å²) < 4.78 is 12.2. The van der Waals surface area contributed by atoms with Crippen molar-refractivity contribution in [3.05, 3.63) is 29.8 Å². The van der Waals surface area contributed by atoms with E-state index in [4.69, 9.17) is 5.73 Å². The number of aryl methyl sites for hydroxylation is 1. The second-order valence-electron chi connectivity index (χ2n) is 3.96. The third-order valence-electron chi connectivity index (χ3n) is 2.65. The van der Waals surface area contributed by atoms with Crippen molar-refractivity contribution in [2.24, 2.45) is 5.73 Å². The lowest BCUT2D eigenvalue weighted by Crippen LogP contribution is -2.28. The van der Waals surface area contributed by atoms with Gasteiger partial charge in [-0.1, -0.05) is 18.2 Å². The minimum atomic E-state index is -0.259. The fourth-order valence-electron chi connectivity index (χ4n) is 1.80. The minimum absolute atomic E-state index is 0.259. The van der Waals surface area contributed by atoms with Gasteiger partial charge in [0.2, 0.25) is 0 Å². The van der Waals surface area contributed by atoms with Crippen LogP contribution < -0.4 is 10.6 Å². The van der Waals surface area contributed by atoms with Gasteiger partial charge in [0.15, 0.2) is 0 Å². The largest absolute Gasteiger partial charge is 0.371 e. The Hall–Kier alpha value is -1.09. The highest BCUT2D eigenvalue weighted by atomic mass is 19.1. The maximum Gasteiger partial charge on any atom is 0.0911 e. The molecule has 0 aliphatic carbocycles. The molecule has 0 saturated heterocycles. The van der Waals surface area contributed by atoms with Crippen LogP contribution in [0, 0.1) is 6.92 Å². The third-order valence-corrected chi connectivity index (χ3v) is 2.65. The van der Waals surface area contributed by atoms with Crippen molar-refractivity contribution in [2.75, 3.05) is 31.2 Å². The quantitative estimate of drug-likeness (QED) is 0.771. The standard InChI is InChI=1S/C13H21FN2/c1-12-6-2-3-7-13(12)16(10-4-8-14)11-5-9-15/h2-3,6-7H,4-5,8-11,15H2,1H3. The molecule has 0 amide bonds. The Bertz CT molecular complexity index is 294. The van der Waals surface area contributed by atoms with E-state index in [0.717, 1.165) is 19.5 Å². The van der Waals surface area contributed by atoms with Crippen molar-refractivity contribution in [2.45, 2.75) is 19.8 Å². The highest BCUT2D eigenvalue weighted by Gasteiger charge is 2.07. The zero-order valence-corrected chi connectivity index (χ0v) is 9.95. The fourth-order valence-corrected chi connectivity index (χ4v) is 1.80. The number of benzene rings is 1. The van der Waals surface area contributed by atoms with Crippen LogP contribution in [0.1, 0.15) is 18.4 Å². The molecule has 0 aliphatic heterocycles. The molecule has 0 spiro atoms. The van der Waals surface area contributed by atoms with Crippen LogP contribution in [0.4, 0.5) is 10.1 Å². The van der Waals surface area contributed by atoms with Gasteiger partial charge in [-0.25, -0.2) is 0 Å². The first-order valence-corrected chi connectivity index (χ1v) is 5.86. The SMILES string of the molecule is Cc1ccccc1N(CCCN)CCCF. The summed E-state index contributed by atoms with van der Waals surface area (Å²) in [6.45, 7) is 4.17. The molecule has 1 aromatic carbocycles. The zero-order chi connectivity index (χ0) is 11.8. The Labute approximate surface area is 97.3 Å². The predicted molar refractivity (Wildman–Crippen MR) is 67.7 cm³/mol. The molecule has 0 atom stereocenters. The third kappa shape index (κ3) is 3.81. The van der Waals surface area contributed by atoms with Crippen LogP contribution in [0.3, 0.4) is 0 Å². The van der Waals surface area contributed by atoms with E-state index >= 15 is 0 Å². The molecule has 0 radical (unpaired) electrons. The van der Waals surface area contributed by atoms with Gasteiger partial charge in [-0.2, -0.15) is 0 Å². The number of halogens is 1. The molecule has 0 heterocycles. The van der Waals surface area contributed by atoms with Crippen LogP contribution in [0.2, 0.25) is 0 Å². The van der Waals surface area contributed by atoms with Crippen LogP contribution in [-0.4, -0.2) is 26.3 Å². The van der Waals surface area contributed by atoms with Gasteiger partial charge in [0.1, 0.15) is 0 Å². The lowest BCUT2D eigenvalue weighted by molar-refractivity contribution is 0.470. The van der Waals surface area contributed by atoms with Gasteiger partial charge in [0, 0.05) is 18.8 Å². The number of anilines is 1. The Morgan fingerprint density at radius 3 is 2.50 bits per heavy atom. The normalized spacial score (nSPS) is 10.4. The molecule has 0 bridgehead atoms. The summed E-state index contributed by atoms with van der Waals surface area (Å²) in [5.41, 5.74) is 7.95. The smallest absolute Gasteiger partial charge is 0.0911 e. The van der Waals surface area contributed by atoms with Gasteiger partial charge in [0.05, 0.1) is 6.67 Å². The number of para-hydroxylation sites is 1. The molecular weight excluding hydrogens is 203 g/mol. The lowest BCUT2D eigenvalue weighted by atomic mass is 10.1. The van der Waals surface area contributed by atoms with Crippen LogP contribution in [-0.2, 0) is 0 Å². The molecule has 2 nitrogen and oxygen atoms in total. The average molecular weight is 224 g/mol. The molecule has 2 N–H and O–H groups in total. The molecule has 90 valence electrons. The molecule has 0 aromatic heterocycles.